The fourth-order valence-corrected chi connectivity index (χ4v) is 3.52. The first-order chi connectivity index (χ1) is 17.9. The number of ether oxygens (including phenoxy) is 1. The predicted octanol–water partition coefficient (Wildman–Crippen LogP) is 3.83. The summed E-state index contributed by atoms with van der Waals surface area (Å²) in [6, 6.07) is 8.94. The number of carbonyl (C=O) groups is 1. The highest BCUT2D eigenvalue weighted by Crippen LogP contribution is 2.37. The number of hydrogen-bond acceptors (Lipinski definition) is 11. The van der Waals surface area contributed by atoms with Crippen LogP contribution in [0.5, 0.6) is 5.75 Å². The molecule has 37 heavy (non-hydrogen) atoms. The Morgan fingerprint density at radius 3 is 2.43 bits per heavy atom. The van der Waals surface area contributed by atoms with Crippen LogP contribution in [-0.2, 0) is 4.84 Å². The van der Waals surface area contributed by atoms with Crippen molar-refractivity contribution in [2.24, 2.45) is 0 Å². The number of aromatic nitrogens is 6. The molecule has 4 rings (SSSR count). The molecule has 0 spiro atoms. The fourth-order valence-electron chi connectivity index (χ4n) is 3.52. The minimum atomic E-state index is -0.561. The third kappa shape index (κ3) is 6.11. The largest absolute Gasteiger partial charge is 0.494 e. The summed E-state index contributed by atoms with van der Waals surface area (Å²) < 4.78 is 5.71. The van der Waals surface area contributed by atoms with Gasteiger partial charge < -0.3 is 15.4 Å². The summed E-state index contributed by atoms with van der Waals surface area (Å²) in [5.74, 6) is 1.97. The van der Waals surface area contributed by atoms with E-state index in [1.165, 1.54) is 0 Å². The molecule has 0 radical (unpaired) electrons. The van der Waals surface area contributed by atoms with Crippen LogP contribution in [0.15, 0.2) is 42.7 Å². The SMILES string of the molecule is CCONC(=O)c1nnc(Nc2cc(C)nc(C)n2)cc1Nc1cccc(-c2ncc(C)cn2)c1OC. The van der Waals surface area contributed by atoms with Gasteiger partial charge in [-0.15, -0.1) is 10.2 Å². The number of methoxy groups -OCH3 is 1. The number of para-hydroxylation sites is 1. The van der Waals surface area contributed by atoms with Crippen molar-refractivity contribution in [3.63, 3.8) is 0 Å². The topological polar surface area (TPSA) is 149 Å². The van der Waals surface area contributed by atoms with E-state index in [1.54, 1.807) is 45.5 Å². The maximum Gasteiger partial charge on any atom is 0.297 e. The van der Waals surface area contributed by atoms with Crippen molar-refractivity contribution >= 4 is 28.9 Å². The molecule has 1 aromatic carbocycles. The molecule has 3 heterocycles. The van der Waals surface area contributed by atoms with Crippen LogP contribution in [0.2, 0.25) is 0 Å². The molecular weight excluding hydrogens is 474 g/mol. The third-order valence-electron chi connectivity index (χ3n) is 5.05. The molecule has 12 heteroatoms. The van der Waals surface area contributed by atoms with Gasteiger partial charge in [0, 0.05) is 30.2 Å². The molecule has 0 aliphatic rings. The van der Waals surface area contributed by atoms with E-state index in [1.807, 2.05) is 32.0 Å². The number of hydrogen-bond donors (Lipinski definition) is 3. The van der Waals surface area contributed by atoms with Crippen LogP contribution in [0.25, 0.3) is 11.4 Å². The van der Waals surface area contributed by atoms with E-state index in [9.17, 15) is 4.79 Å². The van der Waals surface area contributed by atoms with Crippen LogP contribution >= 0.6 is 0 Å². The normalized spacial score (nSPS) is 10.6. The Labute approximate surface area is 213 Å². The van der Waals surface area contributed by atoms with Crippen LogP contribution < -0.4 is 20.9 Å². The Kier molecular flexibility index (Phi) is 7.79. The molecule has 12 nitrogen and oxygen atoms in total. The van der Waals surface area contributed by atoms with Crippen molar-refractivity contribution in [1.29, 1.82) is 0 Å². The molecular formula is C25H27N9O3. The predicted molar refractivity (Wildman–Crippen MR) is 138 cm³/mol. The average molecular weight is 502 g/mol. The first-order valence-corrected chi connectivity index (χ1v) is 11.5. The highest BCUT2D eigenvalue weighted by molar-refractivity contribution is 5.98. The summed E-state index contributed by atoms with van der Waals surface area (Å²) in [6.07, 6.45) is 3.47. The van der Waals surface area contributed by atoms with E-state index in [2.05, 4.69) is 46.2 Å². The van der Waals surface area contributed by atoms with Crippen molar-refractivity contribution < 1.29 is 14.4 Å². The summed E-state index contributed by atoms with van der Waals surface area (Å²) in [7, 11) is 1.55. The molecule has 1 amide bonds. The second kappa shape index (κ2) is 11.4. The van der Waals surface area contributed by atoms with Crippen molar-refractivity contribution in [3.8, 4) is 17.1 Å². The highest BCUT2D eigenvalue weighted by Gasteiger charge is 2.19. The molecule has 0 fully saturated rings. The zero-order valence-electron chi connectivity index (χ0n) is 21.2. The summed E-state index contributed by atoms with van der Waals surface area (Å²) in [6.45, 7) is 7.64. The van der Waals surface area contributed by atoms with E-state index in [0.29, 0.717) is 52.6 Å². The minimum absolute atomic E-state index is 0.0214. The molecule has 190 valence electrons. The lowest BCUT2D eigenvalue weighted by molar-refractivity contribution is 0.0360. The standard InChI is InChI=1S/C25H27N9O3/c1-6-37-34-25(35)22-19(11-21(32-33-22)31-20-10-15(3)28-16(4)29-20)30-18-9-7-8-17(23(18)36-5)24-26-12-14(2)13-27-24/h7-13H,6H2,1-5H3,(H,34,35)(H2,28,29,30,31,32). The van der Waals surface area contributed by atoms with E-state index in [4.69, 9.17) is 9.57 Å². The van der Waals surface area contributed by atoms with Gasteiger partial charge in [-0.1, -0.05) is 6.07 Å². The van der Waals surface area contributed by atoms with Crippen molar-refractivity contribution in [3.05, 3.63) is 65.5 Å². The lowest BCUT2D eigenvalue weighted by Gasteiger charge is -2.17. The number of nitrogens with one attached hydrogen (secondary N) is 3. The summed E-state index contributed by atoms with van der Waals surface area (Å²) in [5, 5.41) is 14.7. The van der Waals surface area contributed by atoms with Gasteiger partial charge in [0.25, 0.3) is 5.91 Å². The molecule has 0 saturated heterocycles. The summed E-state index contributed by atoms with van der Waals surface area (Å²) in [5.41, 5.74) is 5.73. The van der Waals surface area contributed by atoms with Crippen LogP contribution in [0.4, 0.5) is 23.0 Å². The number of nitrogens with zero attached hydrogens (tertiary/aromatic N) is 6. The fraction of sp³-hybridized carbons (Fsp3) is 0.240. The van der Waals surface area contributed by atoms with Crippen LogP contribution in [-0.4, -0.2) is 49.8 Å². The number of anilines is 4. The van der Waals surface area contributed by atoms with Gasteiger partial charge in [0.15, 0.2) is 23.1 Å². The van der Waals surface area contributed by atoms with Crippen molar-refractivity contribution in [2.75, 3.05) is 24.4 Å². The number of hydroxylamine groups is 1. The average Bonchev–Trinajstić information content (AvgIpc) is 2.87. The van der Waals surface area contributed by atoms with E-state index < -0.39 is 5.91 Å². The van der Waals surface area contributed by atoms with Crippen molar-refractivity contribution in [1.82, 2.24) is 35.6 Å². The van der Waals surface area contributed by atoms with Gasteiger partial charge in [-0.3, -0.25) is 9.63 Å². The first kappa shape index (κ1) is 25.4. The zero-order valence-corrected chi connectivity index (χ0v) is 21.2. The lowest BCUT2D eigenvalue weighted by atomic mass is 10.1. The Balaban J connectivity index is 1.74. The molecule has 0 saturated carbocycles. The minimum Gasteiger partial charge on any atom is -0.494 e. The Bertz CT molecular complexity index is 1390. The Hall–Kier alpha value is -4.71. The second-order valence-electron chi connectivity index (χ2n) is 8.02. The second-order valence-corrected chi connectivity index (χ2v) is 8.02. The van der Waals surface area contributed by atoms with Gasteiger partial charge in [0.05, 0.1) is 30.7 Å². The smallest absolute Gasteiger partial charge is 0.297 e. The van der Waals surface area contributed by atoms with E-state index in [0.717, 1.165) is 11.3 Å². The zero-order chi connectivity index (χ0) is 26.4. The van der Waals surface area contributed by atoms with Crippen LogP contribution in [0, 0.1) is 20.8 Å². The lowest BCUT2D eigenvalue weighted by Crippen LogP contribution is -2.26. The van der Waals surface area contributed by atoms with E-state index in [-0.39, 0.29) is 5.69 Å². The van der Waals surface area contributed by atoms with Gasteiger partial charge >= 0.3 is 0 Å². The Morgan fingerprint density at radius 2 is 1.73 bits per heavy atom. The molecule has 3 N–H and O–H groups in total. The van der Waals surface area contributed by atoms with E-state index >= 15 is 0 Å². The number of aryl methyl sites for hydroxylation is 3. The molecule has 0 bridgehead atoms. The molecule has 3 aromatic heterocycles. The molecule has 4 aromatic rings. The number of benzene rings is 1. The highest BCUT2D eigenvalue weighted by atomic mass is 16.6. The van der Waals surface area contributed by atoms with Crippen molar-refractivity contribution in [2.45, 2.75) is 27.7 Å². The number of amides is 1. The van der Waals surface area contributed by atoms with Gasteiger partial charge in [-0.2, -0.15) is 0 Å². The van der Waals surface area contributed by atoms with Gasteiger partial charge in [-0.05, 0) is 45.4 Å². The van der Waals surface area contributed by atoms with Gasteiger partial charge in [0.1, 0.15) is 11.6 Å². The maximum atomic E-state index is 12.8. The maximum absolute atomic E-state index is 12.8. The third-order valence-corrected chi connectivity index (χ3v) is 5.05. The van der Waals surface area contributed by atoms with Gasteiger partial charge in [0.2, 0.25) is 0 Å². The number of carbonyl (C=O) groups excluding carboxylic acids is 1. The molecule has 0 aliphatic carbocycles. The monoisotopic (exact) mass is 501 g/mol. The summed E-state index contributed by atoms with van der Waals surface area (Å²) >= 11 is 0. The van der Waals surface area contributed by atoms with Crippen LogP contribution in [0.3, 0.4) is 0 Å². The molecule has 0 atom stereocenters. The number of rotatable bonds is 9. The van der Waals surface area contributed by atoms with Gasteiger partial charge in [-0.25, -0.2) is 25.4 Å². The first-order valence-electron chi connectivity index (χ1n) is 11.5. The molecule has 0 unspecified atom stereocenters. The quantitative estimate of drug-likeness (QED) is 0.287. The summed E-state index contributed by atoms with van der Waals surface area (Å²) in [4.78, 5) is 35.3. The van der Waals surface area contributed by atoms with Crippen LogP contribution in [0.1, 0.15) is 34.5 Å². The Morgan fingerprint density at radius 1 is 0.946 bits per heavy atom. The molecule has 0 aliphatic heterocycles.